The van der Waals surface area contributed by atoms with Crippen molar-refractivity contribution in [1.29, 1.82) is 0 Å². The molecule has 0 aromatic carbocycles. The molecule has 2 aliphatic carbocycles. The molecule has 1 aliphatic heterocycles. The quantitative estimate of drug-likeness (QED) is 0.286. The van der Waals surface area contributed by atoms with Crippen LogP contribution in [0.25, 0.3) is 6.08 Å². The molecule has 3 aliphatic rings. The summed E-state index contributed by atoms with van der Waals surface area (Å²) in [5, 5.41) is 41.0. The maximum Gasteiger partial charge on any atom is 0.234 e. The second-order valence-corrected chi connectivity index (χ2v) is 10.4. The van der Waals surface area contributed by atoms with Crippen LogP contribution in [0.4, 0.5) is 0 Å². The molecule has 0 radical (unpaired) electrons. The van der Waals surface area contributed by atoms with Gasteiger partial charge in [0.25, 0.3) is 0 Å². The van der Waals surface area contributed by atoms with Gasteiger partial charge in [0.15, 0.2) is 0 Å². The Morgan fingerprint density at radius 1 is 1.11 bits per heavy atom. The van der Waals surface area contributed by atoms with Gasteiger partial charge in [0, 0.05) is 12.0 Å². The highest BCUT2D eigenvalue weighted by Crippen LogP contribution is 2.47. The molecular weight excluding hydrogens is 462 g/mol. The fourth-order valence-electron chi connectivity index (χ4n) is 6.42. The highest BCUT2D eigenvalue weighted by Gasteiger charge is 2.56. The molecule has 4 N–H and O–H groups in total. The van der Waals surface area contributed by atoms with Crippen LogP contribution in [0.2, 0.25) is 0 Å². The van der Waals surface area contributed by atoms with E-state index in [0.717, 1.165) is 44.1 Å². The molecule has 4 atom stereocenters. The second-order valence-electron chi connectivity index (χ2n) is 10.4. The molecule has 8 heteroatoms. The van der Waals surface area contributed by atoms with Crippen molar-refractivity contribution in [1.82, 2.24) is 4.90 Å². The predicted molar refractivity (Wildman–Crippen MR) is 133 cm³/mol. The molecule has 1 aromatic heterocycles. The summed E-state index contributed by atoms with van der Waals surface area (Å²) >= 11 is 0. The third kappa shape index (κ3) is 5.23. The number of likely N-dealkylation sites (tertiary alicyclic amines) is 1. The Morgan fingerprint density at radius 2 is 1.86 bits per heavy atom. The maximum absolute atomic E-state index is 13.5. The van der Waals surface area contributed by atoms with Gasteiger partial charge in [0.05, 0.1) is 31.2 Å². The molecule has 0 bridgehead atoms. The summed E-state index contributed by atoms with van der Waals surface area (Å²) in [6.45, 7) is 1.17. The summed E-state index contributed by atoms with van der Waals surface area (Å²) in [5.74, 6) is -1.26. The number of aliphatic hydroxyl groups excluding tert-OH is 4. The molecule has 2 fully saturated rings. The number of furan rings is 1. The number of hydrogen-bond acceptors (Lipinski definition) is 7. The van der Waals surface area contributed by atoms with Gasteiger partial charge in [-0.1, -0.05) is 31.8 Å². The summed E-state index contributed by atoms with van der Waals surface area (Å²) in [6.07, 6.45) is 7.59. The number of fused-ring (bicyclic) bond motifs is 1. The monoisotopic (exact) mass is 501 g/mol. The van der Waals surface area contributed by atoms with Crippen molar-refractivity contribution in [2.24, 2.45) is 17.8 Å². The zero-order valence-electron chi connectivity index (χ0n) is 21.1. The molecule has 1 aromatic rings. The minimum atomic E-state index is -0.948. The molecule has 0 unspecified atom stereocenters. The third-order valence-corrected chi connectivity index (χ3v) is 8.28. The van der Waals surface area contributed by atoms with E-state index < -0.39 is 23.9 Å². The predicted octanol–water partition coefficient (Wildman–Crippen LogP) is 2.94. The topological polar surface area (TPSA) is 131 Å². The zero-order valence-corrected chi connectivity index (χ0v) is 21.1. The Bertz CT molecular complexity index is 1000. The number of amides is 2. The van der Waals surface area contributed by atoms with E-state index in [2.05, 4.69) is 0 Å². The average Bonchev–Trinajstić information content (AvgIpc) is 3.47. The lowest BCUT2D eigenvalue weighted by Gasteiger charge is -2.36. The molecule has 4 rings (SSSR count). The number of carbonyl (C=O) groups is 2. The summed E-state index contributed by atoms with van der Waals surface area (Å²) in [4.78, 5) is 28.3. The number of hydrogen-bond donors (Lipinski definition) is 4. The number of carbonyl (C=O) groups excluding carboxylic acids is 2. The first-order valence-corrected chi connectivity index (χ1v) is 13.3. The molecule has 0 spiro atoms. The highest BCUT2D eigenvalue weighted by molar-refractivity contribution is 6.06. The Morgan fingerprint density at radius 3 is 2.47 bits per heavy atom. The lowest BCUT2D eigenvalue weighted by atomic mass is 9.68. The van der Waals surface area contributed by atoms with Gasteiger partial charge in [-0.2, -0.15) is 0 Å². The van der Waals surface area contributed by atoms with Crippen molar-refractivity contribution in [3.05, 3.63) is 40.4 Å². The van der Waals surface area contributed by atoms with Crippen LogP contribution in [-0.4, -0.2) is 62.5 Å². The summed E-state index contributed by atoms with van der Waals surface area (Å²) in [5.41, 5.74) is 2.13. The van der Waals surface area contributed by atoms with Gasteiger partial charge in [0.2, 0.25) is 11.8 Å². The lowest BCUT2D eigenvalue weighted by molar-refractivity contribution is -0.143. The van der Waals surface area contributed by atoms with Crippen LogP contribution < -0.4 is 0 Å². The van der Waals surface area contributed by atoms with Gasteiger partial charge >= 0.3 is 0 Å². The van der Waals surface area contributed by atoms with Crippen LogP contribution in [0.1, 0.15) is 76.2 Å². The normalized spacial score (nSPS) is 26.6. The van der Waals surface area contributed by atoms with Gasteiger partial charge in [-0.05, 0) is 67.9 Å². The number of aliphatic hydroxyl groups is 4. The average molecular weight is 502 g/mol. The van der Waals surface area contributed by atoms with E-state index in [1.807, 2.05) is 13.0 Å². The van der Waals surface area contributed by atoms with Crippen LogP contribution in [-0.2, 0) is 16.2 Å². The molecule has 198 valence electrons. The highest BCUT2D eigenvalue weighted by atomic mass is 16.4. The van der Waals surface area contributed by atoms with E-state index in [4.69, 9.17) is 4.42 Å². The fourth-order valence-corrected chi connectivity index (χ4v) is 6.42. The smallest absolute Gasteiger partial charge is 0.234 e. The van der Waals surface area contributed by atoms with Crippen LogP contribution in [0.3, 0.4) is 0 Å². The Labute approximate surface area is 212 Å². The number of nitrogens with zero attached hydrogens (tertiary/aromatic N) is 1. The number of allylic oxidation sites excluding steroid dienone is 1. The van der Waals surface area contributed by atoms with Gasteiger partial charge in [-0.25, -0.2) is 0 Å². The fraction of sp³-hybridized carbons (Fsp3) is 0.643. The first-order valence-electron chi connectivity index (χ1n) is 13.3. The molecule has 1 saturated carbocycles. The molecule has 1 saturated heterocycles. The van der Waals surface area contributed by atoms with Gasteiger partial charge in [0.1, 0.15) is 18.1 Å². The Kier molecular flexibility index (Phi) is 8.83. The van der Waals surface area contributed by atoms with E-state index in [0.29, 0.717) is 35.5 Å². The van der Waals surface area contributed by atoms with E-state index in [1.54, 1.807) is 12.1 Å². The minimum Gasteiger partial charge on any atom is -0.459 e. The molecular formula is C28H39NO7. The van der Waals surface area contributed by atoms with Crippen LogP contribution >= 0.6 is 0 Å². The lowest BCUT2D eigenvalue weighted by Crippen LogP contribution is -2.42. The van der Waals surface area contributed by atoms with Crippen molar-refractivity contribution < 1.29 is 34.4 Å². The van der Waals surface area contributed by atoms with Gasteiger partial charge in [-0.15, -0.1) is 0 Å². The molecule has 36 heavy (non-hydrogen) atoms. The van der Waals surface area contributed by atoms with Crippen LogP contribution in [0.5, 0.6) is 0 Å². The largest absolute Gasteiger partial charge is 0.459 e. The molecule has 2 heterocycles. The van der Waals surface area contributed by atoms with E-state index in [-0.39, 0.29) is 44.1 Å². The van der Waals surface area contributed by atoms with Crippen molar-refractivity contribution in [3.63, 3.8) is 0 Å². The first kappa shape index (κ1) is 26.8. The summed E-state index contributed by atoms with van der Waals surface area (Å²) in [7, 11) is 0. The second kappa shape index (κ2) is 11.9. The van der Waals surface area contributed by atoms with Crippen LogP contribution in [0.15, 0.2) is 33.3 Å². The first-order chi connectivity index (χ1) is 17.4. The van der Waals surface area contributed by atoms with Gasteiger partial charge in [-0.3, -0.25) is 14.5 Å². The molecule has 2 amide bonds. The minimum absolute atomic E-state index is 0.0835. The summed E-state index contributed by atoms with van der Waals surface area (Å²) < 4.78 is 5.55. The summed E-state index contributed by atoms with van der Waals surface area (Å²) in [6, 6.07) is 3.42. The van der Waals surface area contributed by atoms with Crippen molar-refractivity contribution in [2.45, 2.75) is 83.5 Å². The number of imide groups is 1. The Balaban J connectivity index is 1.53. The van der Waals surface area contributed by atoms with Crippen molar-refractivity contribution >= 4 is 17.9 Å². The maximum atomic E-state index is 13.5. The SMILES string of the molecule is CC/C(=C\c1ccc(CO)o1)CC[C@@H](O)C1=C(CO)C[C@H]2C(=O)N(C3CCCCC3)C(=O)[C@H]2[C@H]1CO. The van der Waals surface area contributed by atoms with E-state index >= 15 is 0 Å². The van der Waals surface area contributed by atoms with Crippen molar-refractivity contribution in [2.75, 3.05) is 13.2 Å². The van der Waals surface area contributed by atoms with Crippen LogP contribution in [0, 0.1) is 17.8 Å². The zero-order chi connectivity index (χ0) is 25.8. The Hall–Kier alpha value is -2.26. The third-order valence-electron chi connectivity index (χ3n) is 8.28. The van der Waals surface area contributed by atoms with Gasteiger partial charge < -0.3 is 24.8 Å². The standard InChI is InChI=1S/C28H39NO7/c1-2-17(12-20-9-10-21(15-31)36-20)8-11-24(33)25-18(14-30)13-22-26(23(25)16-32)28(35)29(27(22)34)19-6-4-3-5-7-19/h9-10,12,19,22-24,26,30-33H,2-8,11,13-16H2,1H3/b17-12+/t22-,23+,24-,26-/m1/s1. The molecule has 8 nitrogen and oxygen atoms in total. The van der Waals surface area contributed by atoms with Crippen molar-refractivity contribution in [3.8, 4) is 0 Å². The van der Waals surface area contributed by atoms with E-state index in [1.165, 1.54) is 4.90 Å². The van der Waals surface area contributed by atoms with E-state index in [9.17, 15) is 30.0 Å². The number of rotatable bonds is 10.